The van der Waals surface area contributed by atoms with Crippen LogP contribution >= 0.6 is 0 Å². The largest absolute Gasteiger partial charge is 0.342 e. The van der Waals surface area contributed by atoms with Gasteiger partial charge < -0.3 is 10.6 Å². The lowest BCUT2D eigenvalue weighted by Crippen LogP contribution is -2.45. The van der Waals surface area contributed by atoms with E-state index in [1.165, 1.54) is 0 Å². The zero-order chi connectivity index (χ0) is 10.8. The molecule has 14 heavy (non-hydrogen) atoms. The molecule has 0 radical (unpaired) electrons. The van der Waals surface area contributed by atoms with Crippen LogP contribution in [0.5, 0.6) is 0 Å². The van der Waals surface area contributed by atoms with Gasteiger partial charge in [-0.2, -0.15) is 0 Å². The molecule has 0 unspecified atom stereocenters. The Morgan fingerprint density at radius 3 is 2.29 bits per heavy atom. The first-order chi connectivity index (χ1) is 6.49. The van der Waals surface area contributed by atoms with Gasteiger partial charge >= 0.3 is 0 Å². The van der Waals surface area contributed by atoms with Gasteiger partial charge in [-0.1, -0.05) is 20.8 Å². The van der Waals surface area contributed by atoms with Crippen LogP contribution in [0.25, 0.3) is 0 Å². The Balaban J connectivity index is 2.49. The van der Waals surface area contributed by atoms with Crippen LogP contribution < -0.4 is 5.73 Å². The molecule has 1 aliphatic heterocycles. The second kappa shape index (κ2) is 4.30. The second-order valence-corrected chi connectivity index (χ2v) is 4.89. The Bertz CT molecular complexity index is 205. The fourth-order valence-corrected chi connectivity index (χ4v) is 1.97. The van der Waals surface area contributed by atoms with Crippen LogP contribution in [0.1, 0.15) is 33.6 Å². The zero-order valence-corrected chi connectivity index (χ0v) is 9.55. The lowest BCUT2D eigenvalue weighted by Gasteiger charge is -2.42. The molecule has 1 saturated heterocycles. The van der Waals surface area contributed by atoms with Gasteiger partial charge in [-0.25, -0.2) is 0 Å². The maximum atomic E-state index is 11.3. The molecule has 1 fully saturated rings. The number of amides is 1. The van der Waals surface area contributed by atoms with Crippen molar-refractivity contribution in [1.82, 2.24) is 4.90 Å². The van der Waals surface area contributed by atoms with Gasteiger partial charge in [0.25, 0.3) is 0 Å². The monoisotopic (exact) mass is 198 g/mol. The fraction of sp³-hybridized carbons (Fsp3) is 0.909. The maximum Gasteiger partial charge on any atom is 0.236 e. The van der Waals surface area contributed by atoms with Crippen LogP contribution in [0, 0.1) is 11.3 Å². The van der Waals surface area contributed by atoms with Crippen LogP contribution in [0.15, 0.2) is 0 Å². The van der Waals surface area contributed by atoms with E-state index in [2.05, 4.69) is 20.8 Å². The molecule has 1 heterocycles. The van der Waals surface area contributed by atoms with Crippen molar-refractivity contribution in [3.05, 3.63) is 0 Å². The van der Waals surface area contributed by atoms with Crippen LogP contribution in [0.4, 0.5) is 0 Å². The maximum absolute atomic E-state index is 11.3. The smallest absolute Gasteiger partial charge is 0.236 e. The number of carbonyl (C=O) groups excluding carboxylic acids is 1. The summed E-state index contributed by atoms with van der Waals surface area (Å²) in [6, 6.07) is 0. The number of rotatable bonds is 2. The minimum atomic E-state index is 0.0933. The number of carbonyl (C=O) groups is 1. The minimum absolute atomic E-state index is 0.0933. The summed E-state index contributed by atoms with van der Waals surface area (Å²) in [5.41, 5.74) is 5.75. The highest BCUT2D eigenvalue weighted by atomic mass is 16.2. The Labute approximate surface area is 86.6 Å². The molecule has 0 atom stereocenters. The van der Waals surface area contributed by atoms with Gasteiger partial charge in [0.15, 0.2) is 0 Å². The lowest BCUT2D eigenvalue weighted by atomic mass is 9.72. The molecular weight excluding hydrogens is 176 g/mol. The first-order valence-electron chi connectivity index (χ1n) is 5.47. The minimum Gasteiger partial charge on any atom is -0.342 e. The van der Waals surface area contributed by atoms with E-state index in [0.717, 1.165) is 25.9 Å². The molecule has 1 amide bonds. The standard InChI is InChI=1S/C11H22N2O/c1-9(2)11(3)4-6-13(7-5-11)10(14)8-12/h9H,4-8,12H2,1-3H3. The van der Waals surface area contributed by atoms with E-state index in [4.69, 9.17) is 5.73 Å². The predicted octanol–water partition coefficient (Wildman–Crippen LogP) is 1.23. The van der Waals surface area contributed by atoms with E-state index in [1.807, 2.05) is 4.90 Å². The summed E-state index contributed by atoms with van der Waals surface area (Å²) < 4.78 is 0. The third-order valence-corrected chi connectivity index (χ3v) is 3.83. The molecule has 0 aromatic heterocycles. The summed E-state index contributed by atoms with van der Waals surface area (Å²) in [7, 11) is 0. The number of likely N-dealkylation sites (tertiary alicyclic amines) is 1. The highest BCUT2D eigenvalue weighted by Crippen LogP contribution is 2.37. The van der Waals surface area contributed by atoms with Crippen molar-refractivity contribution in [3.8, 4) is 0 Å². The summed E-state index contributed by atoms with van der Waals surface area (Å²) in [6.45, 7) is 8.76. The van der Waals surface area contributed by atoms with Crippen LogP contribution in [-0.4, -0.2) is 30.4 Å². The summed E-state index contributed by atoms with van der Waals surface area (Å²) in [6.07, 6.45) is 2.22. The summed E-state index contributed by atoms with van der Waals surface area (Å²) in [5, 5.41) is 0. The Hall–Kier alpha value is -0.570. The summed E-state index contributed by atoms with van der Waals surface area (Å²) >= 11 is 0. The van der Waals surface area contributed by atoms with E-state index >= 15 is 0 Å². The molecule has 82 valence electrons. The molecule has 3 nitrogen and oxygen atoms in total. The normalized spacial score (nSPS) is 21.4. The molecule has 0 bridgehead atoms. The predicted molar refractivity (Wildman–Crippen MR) is 57.8 cm³/mol. The van der Waals surface area contributed by atoms with Gasteiger partial charge in [-0.15, -0.1) is 0 Å². The highest BCUT2D eigenvalue weighted by molar-refractivity contribution is 5.78. The number of hydrogen-bond acceptors (Lipinski definition) is 2. The Kier molecular flexibility index (Phi) is 3.53. The molecule has 0 aromatic carbocycles. The van der Waals surface area contributed by atoms with Gasteiger partial charge in [0.1, 0.15) is 0 Å². The molecule has 2 N–H and O–H groups in total. The summed E-state index contributed by atoms with van der Waals surface area (Å²) in [5.74, 6) is 0.786. The number of hydrogen-bond donors (Lipinski definition) is 1. The van der Waals surface area contributed by atoms with Gasteiger partial charge in [0.2, 0.25) is 5.91 Å². The first kappa shape index (κ1) is 11.5. The average molecular weight is 198 g/mol. The van der Waals surface area contributed by atoms with E-state index in [-0.39, 0.29) is 12.5 Å². The van der Waals surface area contributed by atoms with Crippen molar-refractivity contribution < 1.29 is 4.79 Å². The molecule has 0 saturated carbocycles. The quantitative estimate of drug-likeness (QED) is 0.725. The number of nitrogens with two attached hydrogens (primary N) is 1. The van der Waals surface area contributed by atoms with Gasteiger partial charge in [-0.05, 0) is 24.2 Å². The third-order valence-electron chi connectivity index (χ3n) is 3.83. The fourth-order valence-electron chi connectivity index (χ4n) is 1.97. The van der Waals surface area contributed by atoms with E-state index < -0.39 is 0 Å². The SMILES string of the molecule is CC(C)C1(C)CCN(C(=O)CN)CC1. The van der Waals surface area contributed by atoms with Gasteiger partial charge in [0, 0.05) is 13.1 Å². The summed E-state index contributed by atoms with van der Waals surface area (Å²) in [4.78, 5) is 13.2. The van der Waals surface area contributed by atoms with Crippen molar-refractivity contribution in [3.63, 3.8) is 0 Å². The van der Waals surface area contributed by atoms with Gasteiger partial charge in [-0.3, -0.25) is 4.79 Å². The zero-order valence-electron chi connectivity index (χ0n) is 9.55. The second-order valence-electron chi connectivity index (χ2n) is 4.89. The topological polar surface area (TPSA) is 46.3 Å². The van der Waals surface area contributed by atoms with Gasteiger partial charge in [0.05, 0.1) is 6.54 Å². The van der Waals surface area contributed by atoms with Crippen LogP contribution in [0.2, 0.25) is 0 Å². The molecular formula is C11H22N2O. The highest BCUT2D eigenvalue weighted by Gasteiger charge is 2.33. The van der Waals surface area contributed by atoms with Crippen molar-refractivity contribution in [2.45, 2.75) is 33.6 Å². The lowest BCUT2D eigenvalue weighted by molar-refractivity contribution is -0.132. The molecule has 3 heteroatoms. The van der Waals surface area contributed by atoms with Crippen LogP contribution in [0.3, 0.4) is 0 Å². The first-order valence-corrected chi connectivity index (χ1v) is 5.47. The molecule has 0 spiro atoms. The van der Waals surface area contributed by atoms with E-state index in [9.17, 15) is 4.79 Å². The van der Waals surface area contributed by atoms with Crippen LogP contribution in [-0.2, 0) is 4.79 Å². The van der Waals surface area contributed by atoms with E-state index in [0.29, 0.717) is 11.3 Å². The molecule has 0 aliphatic carbocycles. The van der Waals surface area contributed by atoms with Crippen molar-refractivity contribution >= 4 is 5.91 Å². The molecule has 1 rings (SSSR count). The number of piperidine rings is 1. The van der Waals surface area contributed by atoms with Crippen molar-refractivity contribution in [1.29, 1.82) is 0 Å². The molecule has 0 aromatic rings. The average Bonchev–Trinajstić information content (AvgIpc) is 2.17. The molecule has 1 aliphatic rings. The Morgan fingerprint density at radius 1 is 1.43 bits per heavy atom. The Morgan fingerprint density at radius 2 is 1.93 bits per heavy atom. The van der Waals surface area contributed by atoms with Crippen molar-refractivity contribution in [2.75, 3.05) is 19.6 Å². The third kappa shape index (κ3) is 2.27. The number of nitrogens with zero attached hydrogens (tertiary/aromatic N) is 1. The van der Waals surface area contributed by atoms with E-state index in [1.54, 1.807) is 0 Å². The van der Waals surface area contributed by atoms with Crippen molar-refractivity contribution in [2.24, 2.45) is 17.1 Å².